The Morgan fingerprint density at radius 3 is 2.75 bits per heavy atom. The number of allylic oxidation sites excluding steroid dienone is 1. The minimum absolute atomic E-state index is 0.172. The molecule has 1 heterocycles. The van der Waals surface area contributed by atoms with E-state index in [0.717, 1.165) is 6.08 Å². The summed E-state index contributed by atoms with van der Waals surface area (Å²) in [5.74, 6) is -0.647. The van der Waals surface area contributed by atoms with Crippen LogP contribution in [0.15, 0.2) is 34.8 Å². The first-order valence-corrected chi connectivity index (χ1v) is 7.78. The highest BCUT2D eigenvalue weighted by Crippen LogP contribution is 2.03. The number of carbonyl (C=O) groups excluding carboxylic acids is 1. The molecule has 1 radical (unpaired) electrons. The van der Waals surface area contributed by atoms with E-state index < -0.39 is 11.7 Å². The average Bonchev–Trinajstić information content (AvgIpc) is 2.71. The van der Waals surface area contributed by atoms with E-state index in [4.69, 9.17) is 29.6 Å². The largest absolute Gasteiger partial charge is 0.495 e. The van der Waals surface area contributed by atoms with E-state index in [1.54, 1.807) is 13.0 Å². The van der Waals surface area contributed by atoms with Gasteiger partial charge in [0.05, 0.1) is 18.9 Å². The lowest BCUT2D eigenvalue weighted by Crippen LogP contribution is -1.97. The van der Waals surface area contributed by atoms with Gasteiger partial charge in [-0.25, -0.2) is 20.1 Å². The van der Waals surface area contributed by atoms with Crippen molar-refractivity contribution in [2.24, 2.45) is 0 Å². The Morgan fingerprint density at radius 1 is 1.69 bits per heavy atom. The summed E-state index contributed by atoms with van der Waals surface area (Å²) in [6.45, 7) is 2.02. The van der Waals surface area contributed by atoms with Gasteiger partial charge in [0.2, 0.25) is 5.78 Å². The first kappa shape index (κ1) is 15.4. The summed E-state index contributed by atoms with van der Waals surface area (Å²) in [6.07, 6.45) is 2.36. The molecule has 0 aliphatic heterocycles. The van der Waals surface area contributed by atoms with Crippen molar-refractivity contribution in [2.45, 2.75) is 6.92 Å². The van der Waals surface area contributed by atoms with Crippen LogP contribution in [0, 0.1) is 0 Å². The number of ether oxygens (including phenoxy) is 1. The van der Waals surface area contributed by atoms with Crippen molar-refractivity contribution in [3.8, 4) is 0 Å². The van der Waals surface area contributed by atoms with Crippen molar-refractivity contribution < 1.29 is 19.1 Å². The topological polar surface area (TPSA) is 59.7 Å². The van der Waals surface area contributed by atoms with Gasteiger partial charge in [-0.2, -0.15) is 0 Å². The Kier molecular flexibility index (Phi) is 9.26. The lowest BCUT2D eigenvalue weighted by atomic mass is 10.3. The zero-order valence-electron chi connectivity index (χ0n) is 8.52. The minimum Gasteiger partial charge on any atom is -0.481 e. The molecular formula is C9H10AlCl2O4. The average molecular weight is 280 g/mol. The van der Waals surface area contributed by atoms with Crippen molar-refractivity contribution in [2.75, 3.05) is 6.61 Å². The van der Waals surface area contributed by atoms with Crippen LogP contribution in [0.1, 0.15) is 17.5 Å². The van der Waals surface area contributed by atoms with Gasteiger partial charge < -0.3 is 14.3 Å². The van der Waals surface area contributed by atoms with Crippen LogP contribution in [0.3, 0.4) is 0 Å². The van der Waals surface area contributed by atoms with E-state index >= 15 is 0 Å². The van der Waals surface area contributed by atoms with Crippen LogP contribution >= 0.6 is 20.1 Å². The molecule has 1 rings (SSSR count). The lowest BCUT2D eigenvalue weighted by molar-refractivity contribution is 0.0905. The number of aliphatic hydroxyl groups is 1. The number of ketones is 1. The highest BCUT2D eigenvalue weighted by molar-refractivity contribution is 7.22. The molecule has 0 amide bonds. The summed E-state index contributed by atoms with van der Waals surface area (Å²) in [7, 11) is 9.69. The third-order valence-corrected chi connectivity index (χ3v) is 1.31. The predicted octanol–water partition coefficient (Wildman–Crippen LogP) is 2.90. The third kappa shape index (κ3) is 6.81. The molecule has 0 saturated carbocycles. The van der Waals surface area contributed by atoms with Crippen molar-refractivity contribution in [1.29, 1.82) is 0 Å². The van der Waals surface area contributed by atoms with Crippen LogP contribution in [0.2, 0.25) is 0 Å². The summed E-state index contributed by atoms with van der Waals surface area (Å²) in [4.78, 5) is 11.2. The van der Waals surface area contributed by atoms with Gasteiger partial charge in [0.25, 0.3) is 5.95 Å². The molecule has 0 unspecified atom stereocenters. The number of hydrogen-bond donors (Lipinski definition) is 1. The zero-order valence-corrected chi connectivity index (χ0v) is 11.2. The summed E-state index contributed by atoms with van der Waals surface area (Å²) < 4.78 is 9.48. The Bertz CT molecular complexity index is 324. The van der Waals surface area contributed by atoms with Gasteiger partial charge in [-0.05, 0) is 19.1 Å². The van der Waals surface area contributed by atoms with Gasteiger partial charge in [-0.15, -0.1) is 0 Å². The lowest BCUT2D eigenvalue weighted by Gasteiger charge is -1.98. The zero-order chi connectivity index (χ0) is 12.4. The molecule has 0 atom stereocenters. The van der Waals surface area contributed by atoms with Gasteiger partial charge in [0.15, 0.2) is 5.76 Å². The van der Waals surface area contributed by atoms with E-state index in [9.17, 15) is 4.79 Å². The monoisotopic (exact) mass is 279 g/mol. The fourth-order valence-corrected chi connectivity index (χ4v) is 0.792. The summed E-state index contributed by atoms with van der Waals surface area (Å²) in [5.41, 5.74) is 0. The van der Waals surface area contributed by atoms with Gasteiger partial charge in [-0.1, -0.05) is 0 Å². The predicted molar refractivity (Wildman–Crippen MR) is 62.8 cm³/mol. The Morgan fingerprint density at radius 2 is 2.31 bits per heavy atom. The molecule has 0 saturated heterocycles. The fourth-order valence-electron chi connectivity index (χ4n) is 0.792. The second-order valence-electron chi connectivity index (χ2n) is 2.34. The highest BCUT2D eigenvalue weighted by atomic mass is 35.7. The molecule has 0 aliphatic rings. The maximum atomic E-state index is 11.2. The third-order valence-electron chi connectivity index (χ3n) is 1.31. The summed E-state index contributed by atoms with van der Waals surface area (Å²) >= 11 is -0.306. The van der Waals surface area contributed by atoms with Gasteiger partial charge in [0, 0.05) is 0 Å². The minimum atomic E-state index is -0.420. The molecule has 0 fully saturated rings. The number of rotatable bonds is 4. The van der Waals surface area contributed by atoms with Crippen LogP contribution in [0.4, 0.5) is 0 Å². The van der Waals surface area contributed by atoms with E-state index in [0.29, 0.717) is 6.61 Å². The molecule has 0 spiro atoms. The molecule has 87 valence electrons. The van der Waals surface area contributed by atoms with Crippen molar-refractivity contribution in [3.05, 3.63) is 36.2 Å². The molecule has 16 heavy (non-hydrogen) atoms. The molecule has 0 aromatic carbocycles. The second-order valence-corrected chi connectivity index (χ2v) is 4.48. The van der Waals surface area contributed by atoms with Crippen LogP contribution in [-0.4, -0.2) is 30.9 Å². The van der Waals surface area contributed by atoms with Crippen LogP contribution in [0.25, 0.3) is 0 Å². The van der Waals surface area contributed by atoms with Gasteiger partial charge in [-0.3, -0.25) is 4.79 Å². The van der Waals surface area contributed by atoms with E-state index in [1.165, 1.54) is 12.3 Å². The normalized spacial score (nSPS) is 10.1. The number of aliphatic hydroxyl groups excluding tert-OH is 1. The molecule has 0 aliphatic carbocycles. The number of carbonyl (C=O) groups is 1. The quantitative estimate of drug-likeness (QED) is 0.398. The first-order chi connectivity index (χ1) is 7.65. The van der Waals surface area contributed by atoms with E-state index in [2.05, 4.69) is 4.74 Å². The van der Waals surface area contributed by atoms with Crippen LogP contribution < -0.4 is 0 Å². The number of halogens is 2. The van der Waals surface area contributed by atoms with E-state index in [-0.39, 0.29) is 19.1 Å². The van der Waals surface area contributed by atoms with Gasteiger partial charge in [0.1, 0.15) is 0 Å². The molecular weight excluding hydrogens is 270 g/mol. The number of hydrogen-bond acceptors (Lipinski definition) is 4. The molecule has 1 aromatic heterocycles. The standard InChI is InChI=1S/C9H10O4.Al.2ClH/c1-2-12-9(11)6-7(10)8-4-3-5-13-8;;;/h3-6,11H,2H2,1H3;;2*1H/q;+2;;/p-2/b9-6+;;;. The number of furan rings is 1. The van der Waals surface area contributed by atoms with E-state index in [1.807, 2.05) is 0 Å². The molecule has 0 bridgehead atoms. The molecule has 7 heteroatoms. The SMILES string of the molecule is CCO/C(O)=C/C(=O)c1ccco1.[Cl][Al][Cl]. The second kappa shape index (κ2) is 9.62. The Hall–Kier alpha value is -0.598. The van der Waals surface area contributed by atoms with Crippen LogP contribution in [-0.2, 0) is 4.74 Å². The Labute approximate surface area is 108 Å². The maximum absolute atomic E-state index is 11.2. The summed E-state index contributed by atoms with van der Waals surface area (Å²) in [5, 5.41) is 8.99. The van der Waals surface area contributed by atoms with Crippen molar-refractivity contribution in [3.63, 3.8) is 0 Å². The molecule has 1 N–H and O–H groups in total. The smallest absolute Gasteiger partial charge is 0.481 e. The first-order valence-electron chi connectivity index (χ1n) is 4.29. The molecule has 1 aromatic rings. The van der Waals surface area contributed by atoms with Crippen molar-refractivity contribution in [1.82, 2.24) is 0 Å². The Balaban J connectivity index is 0.000000673. The van der Waals surface area contributed by atoms with Crippen LogP contribution in [0.5, 0.6) is 0 Å². The van der Waals surface area contributed by atoms with Gasteiger partial charge >= 0.3 is 13.4 Å². The molecule has 4 nitrogen and oxygen atoms in total. The highest BCUT2D eigenvalue weighted by Gasteiger charge is 2.06. The maximum Gasteiger partial charge on any atom is 0.495 e. The van der Waals surface area contributed by atoms with Crippen molar-refractivity contribution >= 4 is 39.3 Å². The summed E-state index contributed by atoms with van der Waals surface area (Å²) in [6, 6.07) is 3.11. The fraction of sp³-hybridized carbons (Fsp3) is 0.222.